The molecule has 3 nitrogen and oxygen atoms in total. The minimum Gasteiger partial charge on any atom is -0.378 e. The van der Waals surface area contributed by atoms with Gasteiger partial charge in [0.15, 0.2) is 0 Å². The van der Waals surface area contributed by atoms with Crippen LogP contribution in [0.1, 0.15) is 34.1 Å². The Hall–Kier alpha value is -1.57. The topological polar surface area (TPSA) is 48.7 Å². The summed E-state index contributed by atoms with van der Waals surface area (Å²) in [5, 5.41) is 13.8. The van der Waals surface area contributed by atoms with Crippen LogP contribution >= 0.6 is 22.9 Å². The van der Waals surface area contributed by atoms with Gasteiger partial charge >= 0.3 is 0 Å². The molecule has 19 heavy (non-hydrogen) atoms. The first-order valence-corrected chi connectivity index (χ1v) is 7.11. The third-order valence-electron chi connectivity index (χ3n) is 2.81. The smallest absolute Gasteiger partial charge is 0.101 e. The van der Waals surface area contributed by atoms with Crippen LogP contribution in [0.15, 0.2) is 18.2 Å². The zero-order valence-electron chi connectivity index (χ0n) is 11.0. The van der Waals surface area contributed by atoms with Crippen molar-refractivity contribution < 1.29 is 0 Å². The zero-order valence-corrected chi connectivity index (χ0v) is 12.6. The monoisotopic (exact) mass is 291 g/mol. The summed E-state index contributed by atoms with van der Waals surface area (Å²) in [6, 6.07) is 7.58. The fraction of sp³-hybridized carbons (Fsp3) is 0.286. The molecule has 0 saturated heterocycles. The lowest BCUT2D eigenvalue weighted by Crippen LogP contribution is -2.06. The molecule has 0 saturated carbocycles. The summed E-state index contributed by atoms with van der Waals surface area (Å²) in [7, 11) is 0. The van der Waals surface area contributed by atoms with Crippen LogP contribution in [0.3, 0.4) is 0 Å². The van der Waals surface area contributed by atoms with Crippen LogP contribution in [0.25, 0.3) is 0 Å². The van der Waals surface area contributed by atoms with E-state index in [1.54, 1.807) is 23.5 Å². The lowest BCUT2D eigenvalue weighted by Gasteiger charge is -2.14. The van der Waals surface area contributed by atoms with Crippen LogP contribution in [0.5, 0.6) is 0 Å². The molecule has 1 atom stereocenters. The van der Waals surface area contributed by atoms with Gasteiger partial charge in [-0.25, -0.2) is 4.98 Å². The van der Waals surface area contributed by atoms with Crippen molar-refractivity contribution in [1.29, 1.82) is 5.26 Å². The van der Waals surface area contributed by atoms with E-state index in [-0.39, 0.29) is 6.04 Å². The van der Waals surface area contributed by atoms with E-state index in [0.29, 0.717) is 10.6 Å². The van der Waals surface area contributed by atoms with E-state index in [9.17, 15) is 0 Å². The van der Waals surface area contributed by atoms with Crippen LogP contribution in [0, 0.1) is 25.2 Å². The van der Waals surface area contributed by atoms with E-state index in [4.69, 9.17) is 16.9 Å². The minimum absolute atomic E-state index is 0.162. The van der Waals surface area contributed by atoms with Gasteiger partial charge in [-0.15, -0.1) is 11.3 Å². The van der Waals surface area contributed by atoms with Crippen molar-refractivity contribution in [3.63, 3.8) is 0 Å². The van der Waals surface area contributed by atoms with Gasteiger partial charge in [0.2, 0.25) is 0 Å². The third kappa shape index (κ3) is 3.06. The van der Waals surface area contributed by atoms with Gasteiger partial charge in [0.1, 0.15) is 6.07 Å². The predicted molar refractivity (Wildman–Crippen MR) is 79.8 cm³/mol. The summed E-state index contributed by atoms with van der Waals surface area (Å²) in [5.74, 6) is 0. The second kappa shape index (κ2) is 5.60. The lowest BCUT2D eigenvalue weighted by molar-refractivity contribution is 0.890. The van der Waals surface area contributed by atoms with Gasteiger partial charge < -0.3 is 5.32 Å². The first-order chi connectivity index (χ1) is 9.01. The van der Waals surface area contributed by atoms with Gasteiger partial charge in [-0.1, -0.05) is 11.6 Å². The number of hydrogen-bond donors (Lipinski definition) is 1. The normalized spacial score (nSPS) is 11.9. The fourth-order valence-electron chi connectivity index (χ4n) is 1.96. The number of aromatic nitrogens is 1. The minimum atomic E-state index is 0.162. The van der Waals surface area contributed by atoms with Crippen LogP contribution in [-0.4, -0.2) is 4.98 Å². The Kier molecular flexibility index (Phi) is 4.08. The van der Waals surface area contributed by atoms with Crippen LogP contribution in [0.2, 0.25) is 5.02 Å². The molecule has 0 amide bonds. The molecule has 0 aliphatic rings. The van der Waals surface area contributed by atoms with Crippen molar-refractivity contribution in [3.05, 3.63) is 44.4 Å². The van der Waals surface area contributed by atoms with Crippen molar-refractivity contribution in [2.24, 2.45) is 0 Å². The average molecular weight is 292 g/mol. The largest absolute Gasteiger partial charge is 0.378 e. The van der Waals surface area contributed by atoms with Crippen molar-refractivity contribution in [3.8, 4) is 6.07 Å². The maximum atomic E-state index is 8.85. The Morgan fingerprint density at radius 2 is 2.16 bits per heavy atom. The van der Waals surface area contributed by atoms with E-state index in [2.05, 4.69) is 23.3 Å². The van der Waals surface area contributed by atoms with Gasteiger partial charge in [0.05, 0.1) is 27.3 Å². The SMILES string of the molecule is Cc1nc(C)c(C(C)Nc2ccc(C#N)c(Cl)c2)s1. The number of nitrogens with one attached hydrogen (secondary N) is 1. The Balaban J connectivity index is 2.20. The van der Waals surface area contributed by atoms with E-state index < -0.39 is 0 Å². The molecule has 0 fully saturated rings. The fourth-order valence-corrected chi connectivity index (χ4v) is 3.11. The summed E-state index contributed by atoms with van der Waals surface area (Å²) >= 11 is 7.72. The van der Waals surface area contributed by atoms with Crippen molar-refractivity contribution >= 4 is 28.6 Å². The maximum absolute atomic E-state index is 8.85. The molecule has 0 spiro atoms. The molecular weight excluding hydrogens is 278 g/mol. The number of halogens is 1. The number of nitrogens with zero attached hydrogens (tertiary/aromatic N) is 2. The second-order valence-corrected chi connectivity index (χ2v) is 6.00. The summed E-state index contributed by atoms with van der Waals surface area (Å²) in [6.45, 7) is 6.11. The quantitative estimate of drug-likeness (QED) is 0.908. The highest BCUT2D eigenvalue weighted by Crippen LogP contribution is 2.29. The van der Waals surface area contributed by atoms with Crippen LogP contribution < -0.4 is 5.32 Å². The van der Waals surface area contributed by atoms with E-state index in [1.165, 1.54) is 4.88 Å². The summed E-state index contributed by atoms with van der Waals surface area (Å²) < 4.78 is 0. The second-order valence-electron chi connectivity index (χ2n) is 4.35. The Morgan fingerprint density at radius 1 is 1.42 bits per heavy atom. The van der Waals surface area contributed by atoms with Gasteiger partial charge in [-0.2, -0.15) is 5.26 Å². The van der Waals surface area contributed by atoms with E-state index in [1.807, 2.05) is 19.9 Å². The number of thiazole rings is 1. The molecule has 2 aromatic rings. The first-order valence-electron chi connectivity index (χ1n) is 5.91. The molecule has 1 heterocycles. The maximum Gasteiger partial charge on any atom is 0.101 e. The molecular formula is C14H14ClN3S. The van der Waals surface area contributed by atoms with Crippen LogP contribution in [0.4, 0.5) is 5.69 Å². The third-order valence-corrected chi connectivity index (χ3v) is 4.37. The number of anilines is 1. The van der Waals surface area contributed by atoms with Crippen molar-refractivity contribution in [2.45, 2.75) is 26.8 Å². The summed E-state index contributed by atoms with van der Waals surface area (Å²) in [5.41, 5.74) is 2.45. The molecule has 0 aliphatic carbocycles. The molecule has 1 N–H and O–H groups in total. The van der Waals surface area contributed by atoms with Gasteiger partial charge in [0, 0.05) is 10.6 Å². The number of aryl methyl sites for hydroxylation is 2. The average Bonchev–Trinajstić information content (AvgIpc) is 2.69. The Labute approximate surface area is 121 Å². The first kappa shape index (κ1) is 13.9. The Bertz CT molecular complexity index is 643. The molecule has 0 radical (unpaired) electrons. The molecule has 2 rings (SSSR count). The lowest BCUT2D eigenvalue weighted by atomic mass is 10.2. The predicted octanol–water partition coefficient (Wildman–Crippen LogP) is 4.46. The van der Waals surface area contributed by atoms with Gasteiger partial charge in [-0.05, 0) is 39.0 Å². The summed E-state index contributed by atoms with van der Waals surface area (Å²) in [6.07, 6.45) is 0. The zero-order chi connectivity index (χ0) is 14.0. The van der Waals surface area contributed by atoms with Gasteiger partial charge in [0.25, 0.3) is 0 Å². The molecule has 0 bridgehead atoms. The molecule has 5 heteroatoms. The summed E-state index contributed by atoms with van der Waals surface area (Å²) in [4.78, 5) is 5.65. The standard InChI is InChI=1S/C14H14ClN3S/c1-8-14(19-10(3)17-8)9(2)18-12-5-4-11(7-16)13(15)6-12/h4-6,9,18H,1-3H3. The molecule has 1 aromatic carbocycles. The molecule has 98 valence electrons. The highest BCUT2D eigenvalue weighted by molar-refractivity contribution is 7.11. The van der Waals surface area contributed by atoms with E-state index >= 15 is 0 Å². The molecule has 1 unspecified atom stereocenters. The van der Waals surface area contributed by atoms with Crippen molar-refractivity contribution in [2.75, 3.05) is 5.32 Å². The number of rotatable bonds is 3. The molecule has 0 aliphatic heterocycles. The number of benzene rings is 1. The van der Waals surface area contributed by atoms with Crippen LogP contribution in [-0.2, 0) is 0 Å². The highest BCUT2D eigenvalue weighted by atomic mass is 35.5. The van der Waals surface area contributed by atoms with Crippen molar-refractivity contribution in [1.82, 2.24) is 4.98 Å². The number of nitriles is 1. The number of hydrogen-bond acceptors (Lipinski definition) is 4. The van der Waals surface area contributed by atoms with Gasteiger partial charge in [-0.3, -0.25) is 0 Å². The Morgan fingerprint density at radius 3 is 2.68 bits per heavy atom. The van der Waals surface area contributed by atoms with E-state index in [0.717, 1.165) is 16.4 Å². The molecule has 1 aromatic heterocycles. The highest BCUT2D eigenvalue weighted by Gasteiger charge is 2.13.